The molecule has 1 aliphatic rings. The fourth-order valence-electron chi connectivity index (χ4n) is 1.38. The summed E-state index contributed by atoms with van der Waals surface area (Å²) in [5, 5.41) is 9.23. The van der Waals surface area contributed by atoms with E-state index in [0.717, 1.165) is 6.42 Å². The van der Waals surface area contributed by atoms with Gasteiger partial charge in [-0.3, -0.25) is 0 Å². The molecule has 0 fully saturated rings. The average Bonchev–Trinajstić information content (AvgIpc) is 2.03. The fourth-order valence-corrected chi connectivity index (χ4v) is 1.38. The van der Waals surface area contributed by atoms with Crippen molar-refractivity contribution in [3.8, 4) is 0 Å². The van der Waals surface area contributed by atoms with Gasteiger partial charge in [0.05, 0.1) is 5.76 Å². The second kappa shape index (κ2) is 3.61. The van der Waals surface area contributed by atoms with Crippen LogP contribution in [0.3, 0.4) is 0 Å². The van der Waals surface area contributed by atoms with E-state index in [1.165, 1.54) is 6.42 Å². The van der Waals surface area contributed by atoms with Crippen LogP contribution >= 0.6 is 0 Å². The molecule has 0 unspecified atom stereocenters. The third kappa shape index (κ3) is 2.11. The fraction of sp³-hybridized carbons (Fsp3) is 0.600. The number of rotatable bonds is 2. The van der Waals surface area contributed by atoms with Crippen LogP contribution in [-0.4, -0.2) is 5.11 Å². The standard InChI is InChI=1S/C10H16O/c1-3-8(2)9-5-4-6-10(11)7-9/h4-6,8-9,11H,3,7H2,1-2H3/t8-,9-/m0/s1. The van der Waals surface area contributed by atoms with Gasteiger partial charge in [-0.2, -0.15) is 0 Å². The number of hydrogen-bond donors (Lipinski definition) is 1. The average molecular weight is 152 g/mol. The Hall–Kier alpha value is -0.720. The molecule has 1 heteroatoms. The van der Waals surface area contributed by atoms with E-state index in [2.05, 4.69) is 19.9 Å². The quantitative estimate of drug-likeness (QED) is 0.644. The molecule has 0 aromatic rings. The number of allylic oxidation sites excluding steroid dienone is 4. The molecule has 0 radical (unpaired) electrons. The Balaban J connectivity index is 2.52. The molecule has 62 valence electrons. The summed E-state index contributed by atoms with van der Waals surface area (Å²) in [6.07, 6.45) is 7.93. The van der Waals surface area contributed by atoms with Gasteiger partial charge < -0.3 is 5.11 Å². The van der Waals surface area contributed by atoms with Crippen molar-refractivity contribution in [3.05, 3.63) is 24.0 Å². The van der Waals surface area contributed by atoms with Gasteiger partial charge in [0, 0.05) is 6.42 Å². The zero-order chi connectivity index (χ0) is 8.27. The first-order valence-electron chi connectivity index (χ1n) is 4.30. The summed E-state index contributed by atoms with van der Waals surface area (Å²) < 4.78 is 0. The van der Waals surface area contributed by atoms with Gasteiger partial charge in [0.1, 0.15) is 0 Å². The van der Waals surface area contributed by atoms with Gasteiger partial charge in [0.25, 0.3) is 0 Å². The van der Waals surface area contributed by atoms with Gasteiger partial charge in [0.15, 0.2) is 0 Å². The van der Waals surface area contributed by atoms with E-state index in [1.54, 1.807) is 6.08 Å². The van der Waals surface area contributed by atoms with Crippen LogP contribution < -0.4 is 0 Å². The summed E-state index contributed by atoms with van der Waals surface area (Å²) >= 11 is 0. The van der Waals surface area contributed by atoms with E-state index < -0.39 is 0 Å². The van der Waals surface area contributed by atoms with Gasteiger partial charge in [0.2, 0.25) is 0 Å². The summed E-state index contributed by atoms with van der Waals surface area (Å²) in [4.78, 5) is 0. The van der Waals surface area contributed by atoms with Crippen molar-refractivity contribution in [2.24, 2.45) is 11.8 Å². The first-order valence-corrected chi connectivity index (χ1v) is 4.30. The summed E-state index contributed by atoms with van der Waals surface area (Å²) in [6, 6.07) is 0. The van der Waals surface area contributed by atoms with E-state index in [1.807, 2.05) is 6.08 Å². The molecule has 2 atom stereocenters. The third-order valence-electron chi connectivity index (χ3n) is 2.47. The van der Waals surface area contributed by atoms with Crippen LogP contribution in [0.5, 0.6) is 0 Å². The van der Waals surface area contributed by atoms with E-state index in [9.17, 15) is 5.11 Å². The predicted molar refractivity (Wildman–Crippen MR) is 47.4 cm³/mol. The van der Waals surface area contributed by atoms with Gasteiger partial charge in [-0.1, -0.05) is 32.4 Å². The SMILES string of the molecule is CC[C@H](C)[C@H]1C=CC=C(O)C1. The van der Waals surface area contributed by atoms with E-state index >= 15 is 0 Å². The number of hydrogen-bond acceptors (Lipinski definition) is 1. The number of aliphatic hydroxyl groups excluding tert-OH is 1. The monoisotopic (exact) mass is 152 g/mol. The summed E-state index contributed by atoms with van der Waals surface area (Å²) in [6.45, 7) is 4.42. The minimum Gasteiger partial charge on any atom is -0.512 e. The molecule has 0 bridgehead atoms. The lowest BCUT2D eigenvalue weighted by atomic mass is 9.86. The van der Waals surface area contributed by atoms with Crippen molar-refractivity contribution < 1.29 is 5.11 Å². The van der Waals surface area contributed by atoms with Crippen molar-refractivity contribution in [3.63, 3.8) is 0 Å². The summed E-state index contributed by atoms with van der Waals surface area (Å²) in [7, 11) is 0. The van der Waals surface area contributed by atoms with Crippen molar-refractivity contribution in [2.75, 3.05) is 0 Å². The Labute approximate surface area is 68.4 Å². The smallest absolute Gasteiger partial charge is 0.0928 e. The highest BCUT2D eigenvalue weighted by Crippen LogP contribution is 2.25. The lowest BCUT2D eigenvalue weighted by Gasteiger charge is -2.20. The molecule has 1 rings (SSSR count). The van der Waals surface area contributed by atoms with Crippen molar-refractivity contribution in [1.82, 2.24) is 0 Å². The molecule has 0 aromatic carbocycles. The lowest BCUT2D eigenvalue weighted by molar-refractivity contribution is 0.321. The Morgan fingerprint density at radius 2 is 2.45 bits per heavy atom. The summed E-state index contributed by atoms with van der Waals surface area (Å²) in [5.74, 6) is 1.75. The Morgan fingerprint density at radius 1 is 1.73 bits per heavy atom. The third-order valence-corrected chi connectivity index (χ3v) is 2.47. The molecule has 11 heavy (non-hydrogen) atoms. The topological polar surface area (TPSA) is 20.2 Å². The van der Waals surface area contributed by atoms with Gasteiger partial charge in [-0.25, -0.2) is 0 Å². The van der Waals surface area contributed by atoms with Crippen molar-refractivity contribution in [1.29, 1.82) is 0 Å². The van der Waals surface area contributed by atoms with Crippen molar-refractivity contribution in [2.45, 2.75) is 26.7 Å². The second-order valence-electron chi connectivity index (χ2n) is 3.30. The van der Waals surface area contributed by atoms with E-state index in [-0.39, 0.29) is 0 Å². The van der Waals surface area contributed by atoms with Crippen LogP contribution in [0.1, 0.15) is 26.7 Å². The van der Waals surface area contributed by atoms with E-state index in [4.69, 9.17) is 0 Å². The zero-order valence-electron chi connectivity index (χ0n) is 7.25. The Bertz CT molecular complexity index is 179. The molecule has 1 aliphatic carbocycles. The van der Waals surface area contributed by atoms with Crippen LogP contribution in [0.4, 0.5) is 0 Å². The zero-order valence-corrected chi connectivity index (χ0v) is 7.25. The van der Waals surface area contributed by atoms with Crippen LogP contribution in [0, 0.1) is 11.8 Å². The summed E-state index contributed by atoms with van der Waals surface area (Å²) in [5.41, 5.74) is 0. The first kappa shape index (κ1) is 8.38. The van der Waals surface area contributed by atoms with Crippen LogP contribution in [-0.2, 0) is 0 Å². The van der Waals surface area contributed by atoms with Gasteiger partial charge in [-0.15, -0.1) is 0 Å². The normalized spacial score (nSPS) is 26.4. The molecule has 0 aromatic heterocycles. The molecule has 1 nitrogen and oxygen atoms in total. The molecule has 1 N–H and O–H groups in total. The number of aliphatic hydroxyl groups is 1. The van der Waals surface area contributed by atoms with Gasteiger partial charge >= 0.3 is 0 Å². The molecular formula is C10H16O. The molecule has 0 aliphatic heterocycles. The van der Waals surface area contributed by atoms with Crippen molar-refractivity contribution >= 4 is 0 Å². The molecular weight excluding hydrogens is 136 g/mol. The minimum atomic E-state index is 0.526. The Kier molecular flexibility index (Phi) is 2.75. The highest BCUT2D eigenvalue weighted by atomic mass is 16.3. The highest BCUT2D eigenvalue weighted by Gasteiger charge is 2.15. The maximum Gasteiger partial charge on any atom is 0.0928 e. The molecule has 0 amide bonds. The second-order valence-corrected chi connectivity index (χ2v) is 3.30. The molecule has 0 heterocycles. The van der Waals surface area contributed by atoms with Gasteiger partial charge in [-0.05, 0) is 17.9 Å². The molecule has 0 saturated heterocycles. The largest absolute Gasteiger partial charge is 0.512 e. The van der Waals surface area contributed by atoms with E-state index in [0.29, 0.717) is 17.6 Å². The maximum atomic E-state index is 9.23. The molecule has 0 saturated carbocycles. The Morgan fingerprint density at radius 3 is 3.00 bits per heavy atom. The molecule has 0 spiro atoms. The highest BCUT2D eigenvalue weighted by molar-refractivity contribution is 5.15. The van der Waals surface area contributed by atoms with Crippen LogP contribution in [0.25, 0.3) is 0 Å². The van der Waals surface area contributed by atoms with Crippen LogP contribution in [0.15, 0.2) is 24.0 Å². The predicted octanol–water partition coefficient (Wildman–Crippen LogP) is 3.05. The minimum absolute atomic E-state index is 0.526. The maximum absolute atomic E-state index is 9.23. The first-order chi connectivity index (χ1) is 5.24. The van der Waals surface area contributed by atoms with Crippen LogP contribution in [0.2, 0.25) is 0 Å². The lowest BCUT2D eigenvalue weighted by Crippen LogP contribution is -2.11.